The van der Waals surface area contributed by atoms with Crippen molar-refractivity contribution in [3.63, 3.8) is 0 Å². The number of nitrogens with zero attached hydrogens (tertiary/aromatic N) is 3. The molecule has 1 aromatic rings. The van der Waals surface area contributed by atoms with Gasteiger partial charge in [0.25, 0.3) is 0 Å². The molecule has 0 aliphatic heterocycles. The topological polar surface area (TPSA) is 126 Å². The summed E-state index contributed by atoms with van der Waals surface area (Å²) >= 11 is 0. The predicted octanol–water partition coefficient (Wildman–Crippen LogP) is 5.90. The molecule has 0 bridgehead atoms. The van der Waals surface area contributed by atoms with Gasteiger partial charge in [0.15, 0.2) is 11.6 Å². The SMILES string of the molecule is CNC(=O)c1nnc([C@@]2(C)CC[C@]3(C)CC[C@]4(C)[C@H](C(=O)C=C5[C@@]6(C)C=C(C#N)C(=O)C(C)(C)C6CC[C@]54C)[C@@H]3C2)o1. The van der Waals surface area contributed by atoms with E-state index in [4.69, 9.17) is 4.42 Å². The van der Waals surface area contributed by atoms with Crippen molar-refractivity contribution in [2.75, 3.05) is 7.05 Å². The Morgan fingerprint density at radius 3 is 2.38 bits per heavy atom. The maximum Gasteiger partial charge on any atom is 0.308 e. The van der Waals surface area contributed by atoms with Crippen LogP contribution < -0.4 is 5.32 Å². The number of fused-ring (bicyclic) bond motifs is 7. The molecule has 42 heavy (non-hydrogen) atoms. The summed E-state index contributed by atoms with van der Waals surface area (Å²) in [6.45, 7) is 15.3. The molecule has 0 spiro atoms. The number of nitriles is 1. The smallest absolute Gasteiger partial charge is 0.308 e. The van der Waals surface area contributed by atoms with E-state index in [9.17, 15) is 19.6 Å². The molecule has 8 atom stereocenters. The van der Waals surface area contributed by atoms with E-state index >= 15 is 0 Å². The summed E-state index contributed by atoms with van der Waals surface area (Å²) in [6.07, 6.45) is 10.2. The number of ketones is 2. The van der Waals surface area contributed by atoms with Gasteiger partial charge in [-0.15, -0.1) is 10.2 Å². The Bertz CT molecular complexity index is 1510. The molecule has 224 valence electrons. The van der Waals surface area contributed by atoms with Crippen LogP contribution in [0.1, 0.15) is 110 Å². The van der Waals surface area contributed by atoms with Crippen LogP contribution >= 0.6 is 0 Å². The van der Waals surface area contributed by atoms with Crippen LogP contribution in [0.25, 0.3) is 0 Å². The van der Waals surface area contributed by atoms with Gasteiger partial charge in [-0.2, -0.15) is 5.26 Å². The van der Waals surface area contributed by atoms with Crippen LogP contribution in [0.15, 0.2) is 27.7 Å². The van der Waals surface area contributed by atoms with Gasteiger partial charge in [-0.1, -0.05) is 60.1 Å². The lowest BCUT2D eigenvalue weighted by Crippen LogP contribution is -2.64. The van der Waals surface area contributed by atoms with E-state index in [-0.39, 0.29) is 57.0 Å². The van der Waals surface area contributed by atoms with E-state index in [1.54, 1.807) is 0 Å². The van der Waals surface area contributed by atoms with Gasteiger partial charge >= 0.3 is 11.8 Å². The van der Waals surface area contributed by atoms with Crippen LogP contribution in [-0.4, -0.2) is 34.7 Å². The molecule has 8 nitrogen and oxygen atoms in total. The zero-order valence-corrected chi connectivity index (χ0v) is 26.3. The van der Waals surface area contributed by atoms with Crippen LogP contribution in [0.3, 0.4) is 0 Å². The summed E-state index contributed by atoms with van der Waals surface area (Å²) in [5.41, 5.74) is -0.841. The summed E-state index contributed by atoms with van der Waals surface area (Å²) in [5, 5.41) is 20.8. The zero-order chi connectivity index (χ0) is 30.7. The van der Waals surface area contributed by atoms with Gasteiger partial charge in [-0.25, -0.2) is 0 Å². The number of carbonyl (C=O) groups is 3. The Kier molecular flexibility index (Phi) is 6.03. The fourth-order valence-corrected chi connectivity index (χ4v) is 10.6. The van der Waals surface area contributed by atoms with E-state index in [1.807, 2.05) is 26.0 Å². The quantitative estimate of drug-likeness (QED) is 0.467. The second kappa shape index (κ2) is 8.74. The molecule has 8 heteroatoms. The van der Waals surface area contributed by atoms with E-state index in [0.29, 0.717) is 5.89 Å². The van der Waals surface area contributed by atoms with Crippen molar-refractivity contribution < 1.29 is 18.8 Å². The average molecular weight is 573 g/mol. The van der Waals surface area contributed by atoms with Crippen LogP contribution in [0.4, 0.5) is 0 Å². The molecule has 3 saturated carbocycles. The summed E-state index contributed by atoms with van der Waals surface area (Å²) in [7, 11) is 1.54. The molecule has 1 aromatic heterocycles. The lowest BCUT2D eigenvalue weighted by molar-refractivity contribution is -0.166. The molecule has 6 rings (SSSR count). The van der Waals surface area contributed by atoms with Crippen LogP contribution in [0.2, 0.25) is 0 Å². The third-order valence-corrected chi connectivity index (χ3v) is 13.4. The second-order valence-electron chi connectivity index (χ2n) is 15.8. The van der Waals surface area contributed by atoms with Crippen molar-refractivity contribution in [1.82, 2.24) is 15.5 Å². The number of carbonyl (C=O) groups excluding carboxylic acids is 3. The highest BCUT2D eigenvalue weighted by molar-refractivity contribution is 6.04. The normalized spacial score (nSPS) is 43.9. The lowest BCUT2D eigenvalue weighted by atomic mass is 9.34. The Balaban J connectivity index is 1.45. The highest BCUT2D eigenvalue weighted by atomic mass is 16.4. The molecule has 0 aromatic carbocycles. The number of hydrogen-bond donors (Lipinski definition) is 1. The third kappa shape index (κ3) is 3.48. The van der Waals surface area contributed by atoms with Crippen molar-refractivity contribution in [2.45, 2.75) is 98.8 Å². The first-order valence-electron chi connectivity index (χ1n) is 15.5. The fraction of sp³-hybridized carbons (Fsp3) is 0.706. The number of hydrogen-bond acceptors (Lipinski definition) is 7. The lowest BCUT2D eigenvalue weighted by Gasteiger charge is -2.69. The number of amides is 1. The molecule has 1 amide bonds. The first-order valence-corrected chi connectivity index (χ1v) is 15.5. The standard InChI is InChI=1S/C34H44N4O4/c1-29(2)22-9-10-33(6)23(32(22,5)16-19(18-35)25(29)40)15-21(39)24-20-17-31(4,28-38-37-27(42-28)26(41)36-8)12-11-30(20,3)13-14-34(24,33)7/h15-16,20,22,24H,9-14,17H2,1-8H3,(H,36,41)/t20-,22?,24-,30+,31-,32-,33+,34+/m0/s1. The fourth-order valence-electron chi connectivity index (χ4n) is 10.6. The van der Waals surface area contributed by atoms with Gasteiger partial charge in [0.2, 0.25) is 5.89 Å². The summed E-state index contributed by atoms with van der Waals surface area (Å²) in [5.74, 6) is 0.104. The Hall–Kier alpha value is -3.08. The predicted molar refractivity (Wildman–Crippen MR) is 156 cm³/mol. The molecular weight excluding hydrogens is 528 g/mol. The minimum absolute atomic E-state index is 0.0128. The van der Waals surface area contributed by atoms with E-state index < -0.39 is 22.2 Å². The molecule has 0 saturated heterocycles. The van der Waals surface area contributed by atoms with Gasteiger partial charge < -0.3 is 9.73 Å². The van der Waals surface area contributed by atoms with E-state index in [2.05, 4.69) is 56.2 Å². The highest BCUT2D eigenvalue weighted by Gasteiger charge is 2.69. The molecule has 5 aliphatic rings. The van der Waals surface area contributed by atoms with Gasteiger partial charge in [0.1, 0.15) is 6.07 Å². The summed E-state index contributed by atoms with van der Waals surface area (Å²) in [4.78, 5) is 40.0. The Morgan fingerprint density at radius 2 is 1.71 bits per heavy atom. The van der Waals surface area contributed by atoms with E-state index in [0.717, 1.165) is 50.5 Å². The highest BCUT2D eigenvalue weighted by Crippen LogP contribution is 2.74. The van der Waals surface area contributed by atoms with Crippen molar-refractivity contribution >= 4 is 17.5 Å². The Morgan fingerprint density at radius 1 is 1.02 bits per heavy atom. The minimum atomic E-state index is -0.675. The minimum Gasteiger partial charge on any atom is -0.416 e. The number of Topliss-reactive ketones (excluding diaryl/α,β-unsaturated/α-hetero) is 1. The molecule has 1 N–H and O–H groups in total. The van der Waals surface area contributed by atoms with Gasteiger partial charge in [-0.05, 0) is 79.1 Å². The van der Waals surface area contributed by atoms with Crippen LogP contribution in [-0.2, 0) is 15.0 Å². The molecule has 1 heterocycles. The Labute approximate surface area is 248 Å². The largest absolute Gasteiger partial charge is 0.416 e. The molecule has 1 unspecified atom stereocenters. The number of rotatable bonds is 2. The van der Waals surface area contributed by atoms with Gasteiger partial charge in [0.05, 0.1) is 5.57 Å². The van der Waals surface area contributed by atoms with Crippen LogP contribution in [0.5, 0.6) is 0 Å². The zero-order valence-electron chi connectivity index (χ0n) is 26.3. The summed E-state index contributed by atoms with van der Waals surface area (Å²) in [6, 6.07) is 2.19. The van der Waals surface area contributed by atoms with E-state index in [1.165, 1.54) is 7.05 Å². The monoisotopic (exact) mass is 572 g/mol. The number of aromatic nitrogens is 2. The maximum absolute atomic E-state index is 14.6. The van der Waals surface area contributed by atoms with Crippen molar-refractivity contribution in [2.24, 2.45) is 44.8 Å². The van der Waals surface area contributed by atoms with Crippen molar-refractivity contribution in [3.8, 4) is 6.07 Å². The molecule has 0 radical (unpaired) electrons. The number of allylic oxidation sites excluding steroid dienone is 4. The maximum atomic E-state index is 14.6. The summed E-state index contributed by atoms with van der Waals surface area (Å²) < 4.78 is 5.91. The first kappa shape index (κ1) is 29.0. The van der Waals surface area contributed by atoms with Gasteiger partial charge in [0, 0.05) is 29.2 Å². The number of nitrogens with one attached hydrogen (secondary N) is 1. The molecular formula is C34H44N4O4. The van der Waals surface area contributed by atoms with Crippen molar-refractivity contribution in [1.29, 1.82) is 5.26 Å². The molecule has 3 fully saturated rings. The third-order valence-electron chi connectivity index (χ3n) is 13.4. The van der Waals surface area contributed by atoms with Gasteiger partial charge in [-0.3, -0.25) is 14.4 Å². The van der Waals surface area contributed by atoms with Crippen molar-refractivity contribution in [3.05, 3.63) is 35.1 Å². The van der Waals surface area contributed by atoms with Crippen LogP contribution in [0, 0.1) is 56.2 Å². The average Bonchev–Trinajstić information content (AvgIpc) is 3.44. The first-order chi connectivity index (χ1) is 19.5. The second-order valence-corrected chi connectivity index (χ2v) is 15.8. The molecule has 5 aliphatic carbocycles.